The highest BCUT2D eigenvalue weighted by Gasteiger charge is 2.27. The molecule has 1 aromatic heterocycles. The molecule has 1 aliphatic heterocycles. The number of aromatic nitrogens is 1. The molecule has 2 rings (SSSR count). The zero-order chi connectivity index (χ0) is 12.3. The molecule has 0 radical (unpaired) electrons. The number of anilines is 1. The van der Waals surface area contributed by atoms with Crippen molar-refractivity contribution in [2.45, 2.75) is 6.42 Å². The monoisotopic (exact) mass is 251 g/mol. The molecule has 1 aliphatic rings. The van der Waals surface area contributed by atoms with Gasteiger partial charge in [0.25, 0.3) is 0 Å². The van der Waals surface area contributed by atoms with Crippen LogP contribution in [0.1, 0.15) is 12.0 Å². The smallest absolute Gasteiger partial charge is 0.150 e. The van der Waals surface area contributed by atoms with E-state index in [0.29, 0.717) is 24.3 Å². The summed E-state index contributed by atoms with van der Waals surface area (Å²) in [5.74, 6) is 1.30. The normalized spacial score (nSPS) is 21.9. The number of hydrogen-bond donors (Lipinski definition) is 1. The minimum absolute atomic E-state index is 0.146. The molecule has 0 spiro atoms. The highest BCUT2D eigenvalue weighted by Crippen LogP contribution is 2.18. The Morgan fingerprint density at radius 3 is 3.06 bits per heavy atom. The minimum atomic E-state index is -2.83. The minimum Gasteiger partial charge on any atom is -0.370 e. The van der Waals surface area contributed by atoms with Gasteiger partial charge in [-0.3, -0.25) is 0 Å². The lowest BCUT2D eigenvalue weighted by Gasteiger charge is -2.09. The molecule has 6 heteroatoms. The molecule has 0 aromatic carbocycles. The van der Waals surface area contributed by atoms with Crippen molar-refractivity contribution in [3.63, 3.8) is 0 Å². The Morgan fingerprint density at radius 2 is 2.41 bits per heavy atom. The number of rotatable bonds is 3. The third kappa shape index (κ3) is 3.17. The summed E-state index contributed by atoms with van der Waals surface area (Å²) < 4.78 is 22.5. The Labute approximate surface area is 100 Å². The van der Waals surface area contributed by atoms with E-state index in [-0.39, 0.29) is 17.4 Å². The molecule has 1 aromatic rings. The fourth-order valence-electron chi connectivity index (χ4n) is 1.88. The van der Waals surface area contributed by atoms with Crippen molar-refractivity contribution in [3.05, 3.63) is 23.9 Å². The first-order valence-corrected chi connectivity index (χ1v) is 7.22. The van der Waals surface area contributed by atoms with E-state index in [9.17, 15) is 8.42 Å². The van der Waals surface area contributed by atoms with Crippen LogP contribution in [-0.2, 0) is 9.84 Å². The molecule has 0 saturated carbocycles. The van der Waals surface area contributed by atoms with Gasteiger partial charge in [0, 0.05) is 12.7 Å². The van der Waals surface area contributed by atoms with Gasteiger partial charge in [0.05, 0.1) is 23.1 Å². The van der Waals surface area contributed by atoms with Gasteiger partial charge < -0.3 is 5.32 Å². The molecule has 1 atom stereocenters. The Bertz CT molecular complexity index is 548. The molecule has 90 valence electrons. The number of nitrogens with one attached hydrogen (secondary N) is 1. The summed E-state index contributed by atoms with van der Waals surface area (Å²) in [6, 6.07) is 5.32. The van der Waals surface area contributed by atoms with Gasteiger partial charge in [0.15, 0.2) is 9.84 Å². The van der Waals surface area contributed by atoms with E-state index < -0.39 is 9.84 Å². The van der Waals surface area contributed by atoms with E-state index in [0.717, 1.165) is 0 Å². The van der Waals surface area contributed by atoms with Crippen LogP contribution >= 0.6 is 0 Å². The topological polar surface area (TPSA) is 82.8 Å². The molecule has 17 heavy (non-hydrogen) atoms. The number of sulfone groups is 1. The maximum absolute atomic E-state index is 11.3. The fraction of sp³-hybridized carbons (Fsp3) is 0.455. The van der Waals surface area contributed by atoms with Crippen LogP contribution in [0.15, 0.2) is 18.3 Å². The van der Waals surface area contributed by atoms with Gasteiger partial charge >= 0.3 is 0 Å². The van der Waals surface area contributed by atoms with Crippen LogP contribution in [-0.4, -0.2) is 31.5 Å². The molecule has 1 fully saturated rings. The Morgan fingerprint density at radius 1 is 1.59 bits per heavy atom. The molecule has 1 saturated heterocycles. The first-order chi connectivity index (χ1) is 8.09. The quantitative estimate of drug-likeness (QED) is 0.859. The second-order valence-electron chi connectivity index (χ2n) is 4.19. The van der Waals surface area contributed by atoms with Gasteiger partial charge in [0.1, 0.15) is 5.82 Å². The molecule has 1 unspecified atom stereocenters. The van der Waals surface area contributed by atoms with Crippen LogP contribution in [0.5, 0.6) is 0 Å². The van der Waals surface area contributed by atoms with E-state index in [1.807, 2.05) is 6.07 Å². The molecule has 1 N–H and O–H groups in total. The summed E-state index contributed by atoms with van der Waals surface area (Å²) in [7, 11) is -2.83. The number of nitriles is 1. The van der Waals surface area contributed by atoms with Crippen LogP contribution < -0.4 is 5.32 Å². The largest absolute Gasteiger partial charge is 0.370 e. The van der Waals surface area contributed by atoms with Gasteiger partial charge in [-0.25, -0.2) is 13.4 Å². The maximum atomic E-state index is 11.3. The molecular formula is C11H13N3O2S. The summed E-state index contributed by atoms with van der Waals surface area (Å²) in [4.78, 5) is 4.07. The van der Waals surface area contributed by atoms with E-state index >= 15 is 0 Å². The number of hydrogen-bond acceptors (Lipinski definition) is 5. The molecule has 5 nitrogen and oxygen atoms in total. The standard InChI is InChI=1S/C11H13N3O2S/c12-6-9-1-3-13-11(5-9)14-7-10-2-4-17(15,16)8-10/h1,3,5,10H,2,4,7-8H2,(H,13,14). The third-order valence-corrected chi connectivity index (χ3v) is 4.62. The summed E-state index contributed by atoms with van der Waals surface area (Å²) in [5, 5.41) is 11.8. The lowest BCUT2D eigenvalue weighted by Crippen LogP contribution is -2.16. The summed E-state index contributed by atoms with van der Waals surface area (Å²) in [6.07, 6.45) is 2.26. The first kappa shape index (κ1) is 11.9. The van der Waals surface area contributed by atoms with Gasteiger partial charge in [-0.05, 0) is 24.5 Å². The second kappa shape index (κ2) is 4.72. The second-order valence-corrected chi connectivity index (χ2v) is 6.42. The Hall–Kier alpha value is -1.61. The van der Waals surface area contributed by atoms with Gasteiger partial charge in [-0.2, -0.15) is 5.26 Å². The molecule has 0 aliphatic carbocycles. The van der Waals surface area contributed by atoms with E-state index in [2.05, 4.69) is 10.3 Å². The van der Waals surface area contributed by atoms with Crippen molar-refractivity contribution >= 4 is 15.7 Å². The van der Waals surface area contributed by atoms with Crippen molar-refractivity contribution in [1.29, 1.82) is 5.26 Å². The van der Waals surface area contributed by atoms with Crippen molar-refractivity contribution < 1.29 is 8.42 Å². The fourth-order valence-corrected chi connectivity index (χ4v) is 3.74. The summed E-state index contributed by atoms with van der Waals surface area (Å²) >= 11 is 0. The van der Waals surface area contributed by atoms with Crippen LogP contribution in [0, 0.1) is 17.2 Å². The molecular weight excluding hydrogens is 238 g/mol. The van der Waals surface area contributed by atoms with E-state index in [1.54, 1.807) is 18.3 Å². The molecule has 0 amide bonds. The Balaban J connectivity index is 1.93. The number of nitrogens with zero attached hydrogens (tertiary/aromatic N) is 2. The van der Waals surface area contributed by atoms with Crippen molar-refractivity contribution in [2.75, 3.05) is 23.4 Å². The lowest BCUT2D eigenvalue weighted by atomic mass is 10.1. The summed E-state index contributed by atoms with van der Waals surface area (Å²) in [5.41, 5.74) is 0.543. The van der Waals surface area contributed by atoms with Crippen LogP contribution in [0.4, 0.5) is 5.82 Å². The van der Waals surface area contributed by atoms with Crippen LogP contribution in [0.25, 0.3) is 0 Å². The molecule has 2 heterocycles. The van der Waals surface area contributed by atoms with Crippen molar-refractivity contribution in [3.8, 4) is 6.07 Å². The predicted octanol–water partition coefficient (Wildman–Crippen LogP) is 0.800. The predicted molar refractivity (Wildman–Crippen MR) is 64.2 cm³/mol. The Kier molecular flexibility index (Phi) is 3.29. The van der Waals surface area contributed by atoms with E-state index in [1.165, 1.54) is 0 Å². The first-order valence-electron chi connectivity index (χ1n) is 5.39. The van der Waals surface area contributed by atoms with E-state index in [4.69, 9.17) is 5.26 Å². The van der Waals surface area contributed by atoms with Gasteiger partial charge in [0.2, 0.25) is 0 Å². The van der Waals surface area contributed by atoms with Gasteiger partial charge in [-0.15, -0.1) is 0 Å². The average molecular weight is 251 g/mol. The third-order valence-electron chi connectivity index (χ3n) is 2.79. The summed E-state index contributed by atoms with van der Waals surface area (Å²) in [6.45, 7) is 0.584. The van der Waals surface area contributed by atoms with Gasteiger partial charge in [-0.1, -0.05) is 0 Å². The SMILES string of the molecule is N#Cc1ccnc(NCC2CCS(=O)(=O)C2)c1. The van der Waals surface area contributed by atoms with Crippen LogP contribution in [0.3, 0.4) is 0 Å². The zero-order valence-corrected chi connectivity index (χ0v) is 10.1. The van der Waals surface area contributed by atoms with Crippen molar-refractivity contribution in [1.82, 2.24) is 4.98 Å². The average Bonchev–Trinajstić information content (AvgIpc) is 2.67. The van der Waals surface area contributed by atoms with Crippen LogP contribution in [0.2, 0.25) is 0 Å². The lowest BCUT2D eigenvalue weighted by molar-refractivity contribution is 0.595. The molecule has 0 bridgehead atoms. The highest BCUT2D eigenvalue weighted by atomic mass is 32.2. The number of pyridine rings is 1. The van der Waals surface area contributed by atoms with Crippen molar-refractivity contribution in [2.24, 2.45) is 5.92 Å². The highest BCUT2D eigenvalue weighted by molar-refractivity contribution is 7.91. The maximum Gasteiger partial charge on any atom is 0.150 e. The zero-order valence-electron chi connectivity index (χ0n) is 9.26.